The number of hydrogen-bond acceptors (Lipinski definition) is 2. The SMILES string of the molecule is Cn1cc(CC2(N)CC2)c(C(F)F)n1. The quantitative estimate of drug-likeness (QED) is 0.803. The Morgan fingerprint density at radius 3 is 2.79 bits per heavy atom. The number of halogens is 2. The summed E-state index contributed by atoms with van der Waals surface area (Å²) in [6.45, 7) is 0. The fourth-order valence-corrected chi connectivity index (χ4v) is 1.59. The molecule has 0 unspecified atom stereocenters. The second kappa shape index (κ2) is 3.02. The molecule has 1 heterocycles. The first-order valence-electron chi connectivity index (χ1n) is 4.60. The number of aryl methyl sites for hydroxylation is 1. The third kappa shape index (κ3) is 1.77. The second-order valence-corrected chi connectivity index (χ2v) is 4.05. The van der Waals surface area contributed by atoms with Crippen molar-refractivity contribution in [1.29, 1.82) is 0 Å². The number of nitrogens with two attached hydrogens (primary N) is 1. The van der Waals surface area contributed by atoms with E-state index >= 15 is 0 Å². The van der Waals surface area contributed by atoms with Gasteiger partial charge in [0.05, 0.1) is 0 Å². The highest BCUT2D eigenvalue weighted by Crippen LogP contribution is 2.37. The van der Waals surface area contributed by atoms with Gasteiger partial charge in [-0.1, -0.05) is 0 Å². The minimum Gasteiger partial charge on any atom is -0.325 e. The summed E-state index contributed by atoms with van der Waals surface area (Å²) in [5, 5.41) is 3.73. The van der Waals surface area contributed by atoms with Crippen LogP contribution in [0.2, 0.25) is 0 Å². The fourth-order valence-electron chi connectivity index (χ4n) is 1.59. The lowest BCUT2D eigenvalue weighted by Gasteiger charge is -2.07. The van der Waals surface area contributed by atoms with Crippen LogP contribution in [-0.4, -0.2) is 15.3 Å². The summed E-state index contributed by atoms with van der Waals surface area (Å²) in [4.78, 5) is 0. The molecule has 2 rings (SSSR count). The third-order valence-electron chi connectivity index (χ3n) is 2.58. The summed E-state index contributed by atoms with van der Waals surface area (Å²) >= 11 is 0. The van der Waals surface area contributed by atoms with Crippen molar-refractivity contribution in [3.8, 4) is 0 Å². The Morgan fingerprint density at radius 1 is 1.64 bits per heavy atom. The Labute approximate surface area is 80.9 Å². The van der Waals surface area contributed by atoms with Crippen molar-refractivity contribution in [2.45, 2.75) is 31.2 Å². The summed E-state index contributed by atoms with van der Waals surface area (Å²) in [5.74, 6) is 0. The molecule has 1 fully saturated rings. The summed E-state index contributed by atoms with van der Waals surface area (Å²) < 4.78 is 26.5. The Balaban J connectivity index is 2.22. The maximum absolute atomic E-state index is 12.5. The van der Waals surface area contributed by atoms with Crippen LogP contribution >= 0.6 is 0 Å². The average molecular weight is 201 g/mol. The van der Waals surface area contributed by atoms with E-state index in [4.69, 9.17) is 5.73 Å². The second-order valence-electron chi connectivity index (χ2n) is 4.05. The molecule has 1 aliphatic rings. The van der Waals surface area contributed by atoms with E-state index in [1.54, 1.807) is 13.2 Å². The Morgan fingerprint density at radius 2 is 2.29 bits per heavy atom. The first-order valence-corrected chi connectivity index (χ1v) is 4.60. The van der Waals surface area contributed by atoms with Gasteiger partial charge in [-0.2, -0.15) is 5.10 Å². The molecule has 78 valence electrons. The topological polar surface area (TPSA) is 43.8 Å². The van der Waals surface area contributed by atoms with Gasteiger partial charge in [-0.15, -0.1) is 0 Å². The van der Waals surface area contributed by atoms with Crippen LogP contribution < -0.4 is 5.73 Å². The zero-order valence-electron chi connectivity index (χ0n) is 8.00. The number of nitrogens with zero attached hydrogens (tertiary/aromatic N) is 2. The average Bonchev–Trinajstić information content (AvgIpc) is 2.66. The lowest BCUT2D eigenvalue weighted by atomic mass is 10.1. The van der Waals surface area contributed by atoms with Crippen LogP contribution in [0, 0.1) is 0 Å². The summed E-state index contributed by atoms with van der Waals surface area (Å²) in [6.07, 6.45) is 1.48. The maximum atomic E-state index is 12.5. The molecule has 0 saturated heterocycles. The smallest absolute Gasteiger partial charge is 0.282 e. The molecule has 1 aromatic rings. The molecule has 0 bridgehead atoms. The predicted molar refractivity (Wildman–Crippen MR) is 48.0 cm³/mol. The van der Waals surface area contributed by atoms with Gasteiger partial charge in [0.1, 0.15) is 5.69 Å². The van der Waals surface area contributed by atoms with Gasteiger partial charge in [0.15, 0.2) is 0 Å². The van der Waals surface area contributed by atoms with Gasteiger partial charge in [0.2, 0.25) is 0 Å². The van der Waals surface area contributed by atoms with Crippen molar-refractivity contribution >= 4 is 0 Å². The van der Waals surface area contributed by atoms with Crippen LogP contribution in [0.3, 0.4) is 0 Å². The molecule has 0 aliphatic heterocycles. The van der Waals surface area contributed by atoms with Crippen LogP contribution in [0.5, 0.6) is 0 Å². The number of aromatic nitrogens is 2. The van der Waals surface area contributed by atoms with Crippen molar-refractivity contribution in [3.05, 3.63) is 17.5 Å². The van der Waals surface area contributed by atoms with Crippen LogP contribution in [-0.2, 0) is 13.5 Å². The summed E-state index contributed by atoms with van der Waals surface area (Å²) in [7, 11) is 1.64. The van der Waals surface area contributed by atoms with Gasteiger partial charge in [-0.25, -0.2) is 8.78 Å². The van der Waals surface area contributed by atoms with Crippen molar-refractivity contribution in [1.82, 2.24) is 9.78 Å². The Bertz CT molecular complexity index is 342. The van der Waals surface area contributed by atoms with E-state index in [2.05, 4.69) is 5.10 Å². The van der Waals surface area contributed by atoms with E-state index in [9.17, 15) is 8.78 Å². The molecule has 0 radical (unpaired) electrons. The van der Waals surface area contributed by atoms with E-state index < -0.39 is 6.43 Å². The highest BCUT2D eigenvalue weighted by molar-refractivity contribution is 5.23. The molecule has 1 aromatic heterocycles. The monoisotopic (exact) mass is 201 g/mol. The van der Waals surface area contributed by atoms with E-state index in [0.29, 0.717) is 12.0 Å². The van der Waals surface area contributed by atoms with Crippen LogP contribution in [0.4, 0.5) is 8.78 Å². The minimum atomic E-state index is -2.51. The fraction of sp³-hybridized carbons (Fsp3) is 0.667. The maximum Gasteiger partial charge on any atom is 0.282 e. The summed E-state index contributed by atoms with van der Waals surface area (Å²) in [6, 6.07) is 0. The van der Waals surface area contributed by atoms with Crippen molar-refractivity contribution < 1.29 is 8.78 Å². The van der Waals surface area contributed by atoms with Gasteiger partial charge >= 0.3 is 0 Å². The van der Waals surface area contributed by atoms with Crippen LogP contribution in [0.25, 0.3) is 0 Å². The van der Waals surface area contributed by atoms with Gasteiger partial charge in [0.25, 0.3) is 6.43 Å². The van der Waals surface area contributed by atoms with E-state index in [-0.39, 0.29) is 11.2 Å². The van der Waals surface area contributed by atoms with Gasteiger partial charge < -0.3 is 5.73 Å². The van der Waals surface area contributed by atoms with Crippen molar-refractivity contribution in [3.63, 3.8) is 0 Å². The van der Waals surface area contributed by atoms with Crippen LogP contribution in [0.15, 0.2) is 6.20 Å². The predicted octanol–water partition coefficient (Wildman–Crippen LogP) is 1.39. The zero-order chi connectivity index (χ0) is 10.3. The Kier molecular flexibility index (Phi) is 2.06. The molecule has 14 heavy (non-hydrogen) atoms. The first-order chi connectivity index (χ1) is 6.50. The molecule has 0 spiro atoms. The van der Waals surface area contributed by atoms with E-state index in [0.717, 1.165) is 12.8 Å². The molecule has 0 amide bonds. The molecule has 3 nitrogen and oxygen atoms in total. The van der Waals surface area contributed by atoms with Crippen molar-refractivity contribution in [2.75, 3.05) is 0 Å². The van der Waals surface area contributed by atoms with Gasteiger partial charge in [0, 0.05) is 24.3 Å². The highest BCUT2D eigenvalue weighted by Gasteiger charge is 2.39. The standard InChI is InChI=1S/C9H13F2N3/c1-14-5-6(4-9(12)2-3-9)7(13-14)8(10)11/h5,8H,2-4,12H2,1H3. The lowest BCUT2D eigenvalue weighted by Crippen LogP contribution is -2.24. The first kappa shape index (κ1) is 9.58. The molecule has 5 heteroatoms. The molecule has 0 aromatic carbocycles. The normalized spacial score (nSPS) is 18.9. The van der Waals surface area contributed by atoms with Gasteiger partial charge in [-0.05, 0) is 19.3 Å². The van der Waals surface area contributed by atoms with E-state index in [1.807, 2.05) is 0 Å². The molecule has 1 aliphatic carbocycles. The number of hydrogen-bond donors (Lipinski definition) is 1. The third-order valence-corrected chi connectivity index (χ3v) is 2.58. The van der Waals surface area contributed by atoms with Gasteiger partial charge in [-0.3, -0.25) is 4.68 Å². The molecular weight excluding hydrogens is 188 g/mol. The largest absolute Gasteiger partial charge is 0.325 e. The zero-order valence-corrected chi connectivity index (χ0v) is 8.00. The van der Waals surface area contributed by atoms with E-state index in [1.165, 1.54) is 4.68 Å². The van der Waals surface area contributed by atoms with Crippen LogP contribution in [0.1, 0.15) is 30.5 Å². The molecule has 0 atom stereocenters. The summed E-state index contributed by atoms with van der Waals surface area (Å²) in [5.41, 5.74) is 6.10. The molecule has 2 N–H and O–H groups in total. The highest BCUT2D eigenvalue weighted by atomic mass is 19.3. The van der Waals surface area contributed by atoms with Crippen molar-refractivity contribution in [2.24, 2.45) is 12.8 Å². The molecule has 1 saturated carbocycles. The number of rotatable bonds is 3. The molecular formula is C9H13F2N3. The minimum absolute atomic E-state index is 0.121. The Hall–Kier alpha value is -0.970. The lowest BCUT2D eigenvalue weighted by molar-refractivity contribution is 0.144. The number of alkyl halides is 2.